The summed E-state index contributed by atoms with van der Waals surface area (Å²) in [6.45, 7) is -0.159. The average molecular weight is 238 g/mol. The van der Waals surface area contributed by atoms with Crippen molar-refractivity contribution >= 4 is 6.08 Å². The summed E-state index contributed by atoms with van der Waals surface area (Å²) in [5, 5.41) is 29.1. The van der Waals surface area contributed by atoms with Gasteiger partial charge >= 0.3 is 0 Å². The van der Waals surface area contributed by atoms with E-state index in [0.717, 1.165) is 5.56 Å². The smallest absolute Gasteiger partial charge is 0.166 e. The lowest BCUT2D eigenvalue weighted by Crippen LogP contribution is -3.00. The molecule has 0 radical (unpaired) electrons. The van der Waals surface area contributed by atoms with Gasteiger partial charge in [0.2, 0.25) is 0 Å². The third-order valence-corrected chi connectivity index (χ3v) is 2.74. The van der Waals surface area contributed by atoms with Crippen molar-refractivity contribution in [1.82, 2.24) is 0 Å². The van der Waals surface area contributed by atoms with E-state index in [1.54, 1.807) is 5.32 Å². The van der Waals surface area contributed by atoms with Crippen LogP contribution in [0.3, 0.4) is 0 Å². The van der Waals surface area contributed by atoms with Gasteiger partial charge in [-0.15, -0.1) is 0 Å². The number of benzene rings is 1. The van der Waals surface area contributed by atoms with Gasteiger partial charge in [0, 0.05) is 0 Å². The number of hydrogen-bond donors (Lipinski definition) is 4. The van der Waals surface area contributed by atoms with Crippen LogP contribution in [-0.2, 0) is 0 Å². The van der Waals surface area contributed by atoms with E-state index in [1.165, 1.54) is 0 Å². The molecule has 1 rings (SSSR count). The standard InChI is InChI=1S/C13H19NO3/c15-9-13(10-16,11-17)14-8-4-7-12-5-2-1-3-6-12/h1-7,14-17H,8-11H2/p+1/b7-4+. The normalized spacial score (nSPS) is 12.2. The van der Waals surface area contributed by atoms with Gasteiger partial charge in [0.15, 0.2) is 5.54 Å². The summed E-state index contributed by atoms with van der Waals surface area (Å²) in [7, 11) is 0. The predicted molar refractivity (Wildman–Crippen MR) is 66.3 cm³/mol. The van der Waals surface area contributed by atoms with Crippen molar-refractivity contribution in [2.24, 2.45) is 0 Å². The number of aliphatic hydroxyl groups excluding tert-OH is 3. The molecule has 0 aromatic heterocycles. The Hall–Kier alpha value is -1.20. The van der Waals surface area contributed by atoms with Crippen LogP contribution in [0.1, 0.15) is 5.56 Å². The summed E-state index contributed by atoms with van der Waals surface area (Å²) < 4.78 is 0. The molecular formula is C13H20NO3+. The van der Waals surface area contributed by atoms with E-state index < -0.39 is 5.54 Å². The Balaban J connectivity index is 2.44. The van der Waals surface area contributed by atoms with Crippen LogP contribution in [0.25, 0.3) is 6.08 Å². The van der Waals surface area contributed by atoms with Crippen LogP contribution in [0.5, 0.6) is 0 Å². The highest BCUT2D eigenvalue weighted by Gasteiger charge is 2.30. The van der Waals surface area contributed by atoms with Crippen LogP contribution in [0.15, 0.2) is 36.4 Å². The highest BCUT2D eigenvalue weighted by Crippen LogP contribution is 2.00. The fourth-order valence-electron chi connectivity index (χ4n) is 1.43. The minimum absolute atomic E-state index is 0.251. The lowest BCUT2D eigenvalue weighted by molar-refractivity contribution is -0.725. The molecule has 5 N–H and O–H groups in total. The molecule has 0 saturated heterocycles. The Labute approximate surface area is 101 Å². The lowest BCUT2D eigenvalue weighted by Gasteiger charge is -2.24. The Morgan fingerprint density at radius 1 is 1.00 bits per heavy atom. The molecular weight excluding hydrogens is 218 g/mol. The maximum absolute atomic E-state index is 9.12. The van der Waals surface area contributed by atoms with E-state index >= 15 is 0 Å². The minimum Gasteiger partial charge on any atom is -0.390 e. The number of nitrogens with two attached hydrogens (primary N) is 1. The minimum atomic E-state index is -0.888. The first kappa shape index (κ1) is 13.9. The molecule has 17 heavy (non-hydrogen) atoms. The van der Waals surface area contributed by atoms with Crippen LogP contribution < -0.4 is 5.32 Å². The molecule has 0 unspecified atom stereocenters. The summed E-state index contributed by atoms with van der Waals surface area (Å²) in [6.07, 6.45) is 3.90. The fraction of sp³-hybridized carbons (Fsp3) is 0.385. The fourth-order valence-corrected chi connectivity index (χ4v) is 1.43. The molecule has 0 spiro atoms. The van der Waals surface area contributed by atoms with Crippen LogP contribution in [-0.4, -0.2) is 47.2 Å². The van der Waals surface area contributed by atoms with E-state index in [4.69, 9.17) is 15.3 Å². The quantitative estimate of drug-likeness (QED) is 0.491. The first-order valence-electron chi connectivity index (χ1n) is 5.65. The summed E-state index contributed by atoms with van der Waals surface area (Å²) in [5.41, 5.74) is 0.213. The van der Waals surface area contributed by atoms with E-state index in [2.05, 4.69) is 0 Å². The maximum Gasteiger partial charge on any atom is 0.166 e. The van der Waals surface area contributed by atoms with Crippen LogP contribution in [0, 0.1) is 0 Å². The van der Waals surface area contributed by atoms with E-state index in [0.29, 0.717) is 6.54 Å². The molecule has 1 aromatic carbocycles. The Bertz CT molecular complexity index is 326. The van der Waals surface area contributed by atoms with Crippen molar-refractivity contribution in [2.75, 3.05) is 26.4 Å². The maximum atomic E-state index is 9.12. The Kier molecular flexibility index (Phi) is 5.86. The number of quaternary nitrogens is 1. The summed E-state index contributed by atoms with van der Waals surface area (Å²) >= 11 is 0. The molecule has 0 amide bonds. The molecule has 0 aliphatic rings. The van der Waals surface area contributed by atoms with Gasteiger partial charge in [0.1, 0.15) is 19.8 Å². The zero-order chi connectivity index (χ0) is 12.6. The lowest BCUT2D eigenvalue weighted by atomic mass is 10.0. The number of rotatable bonds is 7. The number of aliphatic hydroxyl groups is 3. The van der Waals surface area contributed by atoms with Gasteiger partial charge in [-0.3, -0.25) is 0 Å². The Morgan fingerprint density at radius 2 is 1.59 bits per heavy atom. The molecule has 0 aliphatic heterocycles. The second-order valence-corrected chi connectivity index (χ2v) is 4.09. The van der Waals surface area contributed by atoms with Crippen molar-refractivity contribution in [3.8, 4) is 0 Å². The highest BCUT2D eigenvalue weighted by molar-refractivity contribution is 5.48. The van der Waals surface area contributed by atoms with Crippen molar-refractivity contribution in [2.45, 2.75) is 5.54 Å². The van der Waals surface area contributed by atoms with Gasteiger partial charge in [0.05, 0.1) is 6.54 Å². The van der Waals surface area contributed by atoms with Crippen molar-refractivity contribution in [3.63, 3.8) is 0 Å². The van der Waals surface area contributed by atoms with E-state index in [9.17, 15) is 0 Å². The third-order valence-electron chi connectivity index (χ3n) is 2.74. The zero-order valence-corrected chi connectivity index (χ0v) is 9.79. The van der Waals surface area contributed by atoms with Crippen LogP contribution in [0.2, 0.25) is 0 Å². The topological polar surface area (TPSA) is 77.3 Å². The van der Waals surface area contributed by atoms with E-state index in [1.807, 2.05) is 42.5 Å². The van der Waals surface area contributed by atoms with Crippen LogP contribution in [0.4, 0.5) is 0 Å². The molecule has 0 fully saturated rings. The monoisotopic (exact) mass is 238 g/mol. The van der Waals surface area contributed by atoms with Gasteiger partial charge in [-0.1, -0.05) is 36.4 Å². The number of hydrogen-bond acceptors (Lipinski definition) is 3. The molecule has 0 aliphatic carbocycles. The molecule has 0 bridgehead atoms. The zero-order valence-electron chi connectivity index (χ0n) is 9.79. The first-order chi connectivity index (χ1) is 8.26. The first-order valence-corrected chi connectivity index (χ1v) is 5.65. The molecule has 0 saturated carbocycles. The van der Waals surface area contributed by atoms with Gasteiger partial charge in [-0.2, -0.15) is 0 Å². The van der Waals surface area contributed by atoms with Crippen molar-refractivity contribution in [1.29, 1.82) is 0 Å². The predicted octanol–water partition coefficient (Wildman–Crippen LogP) is -1.02. The third kappa shape index (κ3) is 4.28. The SMILES string of the molecule is OCC(CO)(CO)[NH2+]C/C=C/c1ccccc1. The Morgan fingerprint density at radius 3 is 2.12 bits per heavy atom. The summed E-state index contributed by atoms with van der Waals surface area (Å²) in [4.78, 5) is 0. The van der Waals surface area contributed by atoms with Gasteiger partial charge < -0.3 is 20.6 Å². The van der Waals surface area contributed by atoms with Crippen molar-refractivity contribution < 1.29 is 20.6 Å². The molecule has 0 heterocycles. The molecule has 4 nitrogen and oxygen atoms in total. The van der Waals surface area contributed by atoms with Gasteiger partial charge in [-0.05, 0) is 11.6 Å². The second kappa shape index (κ2) is 7.19. The molecule has 94 valence electrons. The van der Waals surface area contributed by atoms with E-state index in [-0.39, 0.29) is 19.8 Å². The van der Waals surface area contributed by atoms with Crippen molar-refractivity contribution in [3.05, 3.63) is 42.0 Å². The molecule has 1 aromatic rings. The second-order valence-electron chi connectivity index (χ2n) is 4.09. The van der Waals surface area contributed by atoms with Gasteiger partial charge in [-0.25, -0.2) is 0 Å². The molecule has 0 atom stereocenters. The molecule has 4 heteroatoms. The largest absolute Gasteiger partial charge is 0.390 e. The average Bonchev–Trinajstić information content (AvgIpc) is 2.41. The van der Waals surface area contributed by atoms with Crippen LogP contribution >= 0.6 is 0 Å². The highest BCUT2D eigenvalue weighted by atomic mass is 16.3. The van der Waals surface area contributed by atoms with Gasteiger partial charge in [0.25, 0.3) is 0 Å². The summed E-state index contributed by atoms with van der Waals surface area (Å²) in [6, 6.07) is 9.87. The summed E-state index contributed by atoms with van der Waals surface area (Å²) in [5.74, 6) is 0.